The van der Waals surface area contributed by atoms with Crippen molar-refractivity contribution in [2.24, 2.45) is 5.92 Å². The molecule has 2 nitrogen and oxygen atoms in total. The molecule has 0 radical (unpaired) electrons. The molecule has 1 fully saturated rings. The number of carbonyl (C=O) groups excluding carboxylic acids is 1. The number of fused-ring (bicyclic) bond motifs is 2. The van der Waals surface area contributed by atoms with E-state index < -0.39 is 0 Å². The van der Waals surface area contributed by atoms with E-state index in [1.54, 1.807) is 4.90 Å². The molecule has 0 spiro atoms. The van der Waals surface area contributed by atoms with Crippen LogP contribution in [-0.2, 0) is 4.79 Å². The molecule has 1 aliphatic carbocycles. The maximum absolute atomic E-state index is 11.3. The molecule has 2 bridgehead atoms. The Balaban J connectivity index is 2.20. The minimum Gasteiger partial charge on any atom is -0.325 e. The Morgan fingerprint density at radius 2 is 2.55 bits per heavy atom. The third-order valence-corrected chi connectivity index (χ3v) is 2.32. The van der Waals surface area contributed by atoms with E-state index in [0.29, 0.717) is 12.6 Å². The molecule has 1 amide bonds. The lowest BCUT2D eigenvalue weighted by atomic mass is 10.1. The molecular weight excluding hydrogens is 138 g/mol. The summed E-state index contributed by atoms with van der Waals surface area (Å²) >= 11 is 0. The lowest BCUT2D eigenvalue weighted by Crippen LogP contribution is -2.34. The number of hydrogen-bond donors (Lipinski definition) is 0. The Bertz CT molecular complexity index is 261. The molecule has 2 atom stereocenters. The molecule has 0 unspecified atom stereocenters. The zero-order valence-corrected chi connectivity index (χ0v) is 6.16. The number of likely N-dealkylation sites (tertiary alicyclic amines) is 1. The zero-order chi connectivity index (χ0) is 7.84. The fourth-order valence-corrected chi connectivity index (χ4v) is 1.76. The van der Waals surface area contributed by atoms with Gasteiger partial charge in [0.1, 0.15) is 0 Å². The Morgan fingerprint density at radius 1 is 1.73 bits per heavy atom. The molecule has 11 heavy (non-hydrogen) atoms. The molecule has 0 N–H and O–H groups in total. The van der Waals surface area contributed by atoms with Crippen molar-refractivity contribution in [3.05, 3.63) is 12.2 Å². The SMILES string of the molecule is C#CCN1C(=O)[C@H]2C=C[C@@H]1C2. The van der Waals surface area contributed by atoms with Crippen molar-refractivity contribution in [3.8, 4) is 12.3 Å². The molecule has 0 aromatic rings. The molecule has 2 rings (SSSR count). The molecule has 1 heterocycles. The first-order valence-electron chi connectivity index (χ1n) is 3.75. The molecule has 2 heteroatoms. The van der Waals surface area contributed by atoms with Crippen LogP contribution in [0.4, 0.5) is 0 Å². The van der Waals surface area contributed by atoms with Crippen molar-refractivity contribution < 1.29 is 4.79 Å². The van der Waals surface area contributed by atoms with Gasteiger partial charge in [0.25, 0.3) is 0 Å². The van der Waals surface area contributed by atoms with E-state index in [1.165, 1.54) is 0 Å². The second kappa shape index (κ2) is 2.13. The van der Waals surface area contributed by atoms with Gasteiger partial charge in [-0.3, -0.25) is 4.79 Å². The topological polar surface area (TPSA) is 20.3 Å². The van der Waals surface area contributed by atoms with Gasteiger partial charge in [-0.15, -0.1) is 6.42 Å². The van der Waals surface area contributed by atoms with Crippen LogP contribution in [0, 0.1) is 18.3 Å². The van der Waals surface area contributed by atoms with Crippen molar-refractivity contribution >= 4 is 5.91 Å². The Kier molecular flexibility index (Phi) is 1.25. The minimum atomic E-state index is 0.133. The van der Waals surface area contributed by atoms with Crippen LogP contribution in [0.1, 0.15) is 6.42 Å². The fraction of sp³-hybridized carbons (Fsp3) is 0.444. The Morgan fingerprint density at radius 3 is 3.09 bits per heavy atom. The largest absolute Gasteiger partial charge is 0.325 e. The van der Waals surface area contributed by atoms with Crippen molar-refractivity contribution in [1.29, 1.82) is 0 Å². The van der Waals surface area contributed by atoms with Crippen LogP contribution in [0.25, 0.3) is 0 Å². The number of rotatable bonds is 1. The summed E-state index contributed by atoms with van der Waals surface area (Å²) in [5.41, 5.74) is 0. The van der Waals surface area contributed by atoms with Gasteiger partial charge in [0, 0.05) is 0 Å². The van der Waals surface area contributed by atoms with Gasteiger partial charge in [-0.2, -0.15) is 0 Å². The smallest absolute Gasteiger partial charge is 0.230 e. The van der Waals surface area contributed by atoms with Crippen LogP contribution < -0.4 is 0 Å². The molecule has 2 aliphatic rings. The lowest BCUT2D eigenvalue weighted by molar-refractivity contribution is -0.130. The van der Waals surface area contributed by atoms with Crippen LogP contribution in [0.2, 0.25) is 0 Å². The monoisotopic (exact) mass is 147 g/mol. The maximum atomic E-state index is 11.3. The first kappa shape index (κ1) is 6.48. The van der Waals surface area contributed by atoms with Gasteiger partial charge in [0.05, 0.1) is 18.5 Å². The second-order valence-corrected chi connectivity index (χ2v) is 2.96. The summed E-state index contributed by atoms with van der Waals surface area (Å²) in [7, 11) is 0. The average molecular weight is 147 g/mol. The number of carbonyl (C=O) groups is 1. The highest BCUT2D eigenvalue weighted by Gasteiger charge is 2.40. The third kappa shape index (κ3) is 0.775. The fourth-order valence-electron chi connectivity index (χ4n) is 1.76. The predicted octanol–water partition coefficient (Wildman–Crippen LogP) is 0.406. The van der Waals surface area contributed by atoms with E-state index in [9.17, 15) is 4.79 Å². The minimum absolute atomic E-state index is 0.133. The molecule has 1 aliphatic heterocycles. The highest BCUT2D eigenvalue weighted by atomic mass is 16.2. The van der Waals surface area contributed by atoms with Crippen LogP contribution in [-0.4, -0.2) is 23.4 Å². The summed E-state index contributed by atoms with van der Waals surface area (Å²) in [5.74, 6) is 2.83. The molecular formula is C9H9NO. The van der Waals surface area contributed by atoms with E-state index >= 15 is 0 Å². The van der Waals surface area contributed by atoms with E-state index in [-0.39, 0.29) is 11.8 Å². The maximum Gasteiger partial charge on any atom is 0.230 e. The summed E-state index contributed by atoms with van der Waals surface area (Å²) in [6, 6.07) is 0.295. The van der Waals surface area contributed by atoms with Gasteiger partial charge < -0.3 is 4.90 Å². The first-order valence-corrected chi connectivity index (χ1v) is 3.75. The van der Waals surface area contributed by atoms with Crippen LogP contribution in [0.15, 0.2) is 12.2 Å². The lowest BCUT2D eigenvalue weighted by Gasteiger charge is -2.20. The quantitative estimate of drug-likeness (QED) is 0.388. The Labute approximate surface area is 65.9 Å². The second-order valence-electron chi connectivity index (χ2n) is 2.96. The standard InChI is InChI=1S/C9H9NO/c1-2-5-10-8-4-3-7(6-8)9(10)11/h1,3-4,7-8H,5-6H2/t7-,8+/m0/s1. The van der Waals surface area contributed by atoms with Gasteiger partial charge in [0.15, 0.2) is 0 Å². The number of hydrogen-bond acceptors (Lipinski definition) is 1. The zero-order valence-electron chi connectivity index (χ0n) is 6.16. The third-order valence-electron chi connectivity index (χ3n) is 2.32. The summed E-state index contributed by atoms with van der Waals surface area (Å²) in [6.07, 6.45) is 10.1. The van der Waals surface area contributed by atoms with E-state index in [0.717, 1.165) is 6.42 Å². The molecule has 0 saturated carbocycles. The van der Waals surface area contributed by atoms with Crippen molar-refractivity contribution in [2.45, 2.75) is 12.5 Å². The van der Waals surface area contributed by atoms with Gasteiger partial charge in [-0.05, 0) is 6.42 Å². The van der Waals surface area contributed by atoms with Crippen LogP contribution in [0.3, 0.4) is 0 Å². The van der Waals surface area contributed by atoms with Gasteiger partial charge >= 0.3 is 0 Å². The number of amides is 1. The van der Waals surface area contributed by atoms with E-state index in [4.69, 9.17) is 6.42 Å². The summed E-state index contributed by atoms with van der Waals surface area (Å²) in [5, 5.41) is 0. The first-order chi connectivity index (χ1) is 5.33. The molecule has 1 saturated heterocycles. The number of nitrogens with zero attached hydrogens (tertiary/aromatic N) is 1. The average Bonchev–Trinajstić information content (AvgIpc) is 2.54. The highest BCUT2D eigenvalue weighted by Crippen LogP contribution is 2.31. The van der Waals surface area contributed by atoms with Gasteiger partial charge in [-0.25, -0.2) is 0 Å². The normalized spacial score (nSPS) is 33.0. The summed E-state index contributed by atoms with van der Waals surface area (Å²) in [6.45, 7) is 0.463. The van der Waals surface area contributed by atoms with Crippen LogP contribution in [0.5, 0.6) is 0 Å². The van der Waals surface area contributed by atoms with Crippen molar-refractivity contribution in [1.82, 2.24) is 4.90 Å². The summed E-state index contributed by atoms with van der Waals surface area (Å²) in [4.78, 5) is 13.1. The Hall–Kier alpha value is -1.23. The predicted molar refractivity (Wildman–Crippen MR) is 41.6 cm³/mol. The van der Waals surface area contributed by atoms with Crippen molar-refractivity contribution in [3.63, 3.8) is 0 Å². The van der Waals surface area contributed by atoms with E-state index in [1.807, 2.05) is 6.08 Å². The molecule has 0 aromatic carbocycles. The molecule has 56 valence electrons. The van der Waals surface area contributed by atoms with Crippen LogP contribution >= 0.6 is 0 Å². The van der Waals surface area contributed by atoms with E-state index in [2.05, 4.69) is 12.0 Å². The summed E-state index contributed by atoms with van der Waals surface area (Å²) < 4.78 is 0. The number of terminal acetylenes is 1. The van der Waals surface area contributed by atoms with Gasteiger partial charge in [-0.1, -0.05) is 18.1 Å². The highest BCUT2D eigenvalue weighted by molar-refractivity contribution is 5.85. The van der Waals surface area contributed by atoms with Gasteiger partial charge in [0.2, 0.25) is 5.91 Å². The van der Waals surface area contributed by atoms with Crippen molar-refractivity contribution in [2.75, 3.05) is 6.54 Å². The molecule has 0 aromatic heterocycles.